The second-order valence-corrected chi connectivity index (χ2v) is 4.55. The second-order valence-electron chi connectivity index (χ2n) is 4.55. The van der Waals surface area contributed by atoms with Crippen LogP contribution in [0.4, 0.5) is 4.39 Å². The van der Waals surface area contributed by atoms with Crippen molar-refractivity contribution in [3.63, 3.8) is 0 Å². The summed E-state index contributed by atoms with van der Waals surface area (Å²) in [5.74, 6) is -0.576. The Balaban J connectivity index is 2.24. The van der Waals surface area contributed by atoms with Crippen LogP contribution in [0.2, 0.25) is 0 Å². The van der Waals surface area contributed by atoms with Crippen molar-refractivity contribution in [1.29, 1.82) is 0 Å². The molecule has 0 fully saturated rings. The summed E-state index contributed by atoms with van der Waals surface area (Å²) in [6.07, 6.45) is 3.94. The highest BCUT2D eigenvalue weighted by atomic mass is 19.1. The molecule has 1 amide bonds. The lowest BCUT2D eigenvalue weighted by Crippen LogP contribution is -2.36. The molecule has 106 valence electrons. The average molecular weight is 276 g/mol. The van der Waals surface area contributed by atoms with E-state index < -0.39 is 0 Å². The number of aromatic amines is 1. The number of aliphatic hydroxyl groups is 1. The van der Waals surface area contributed by atoms with Crippen LogP contribution in [0.5, 0.6) is 0 Å². The molecule has 0 aliphatic heterocycles. The molecule has 1 aromatic heterocycles. The topological polar surface area (TPSA) is 65.1 Å². The van der Waals surface area contributed by atoms with Crippen LogP contribution < -0.4 is 5.32 Å². The summed E-state index contributed by atoms with van der Waals surface area (Å²) in [6.45, 7) is 1.79. The molecule has 0 bridgehead atoms. The number of carbonyl (C=O) groups excluding carboxylic acids is 1. The summed E-state index contributed by atoms with van der Waals surface area (Å²) in [5, 5.41) is 11.9. The van der Waals surface area contributed by atoms with Crippen LogP contribution in [0.25, 0.3) is 11.1 Å². The molecule has 0 aliphatic carbocycles. The van der Waals surface area contributed by atoms with Gasteiger partial charge in [-0.05, 0) is 24.1 Å². The fraction of sp³-hybridized carbons (Fsp3) is 0.267. The lowest BCUT2D eigenvalue weighted by atomic mass is 10.0. The van der Waals surface area contributed by atoms with Gasteiger partial charge < -0.3 is 15.4 Å². The quantitative estimate of drug-likeness (QED) is 0.784. The maximum atomic E-state index is 12.9. The number of carbonyl (C=O) groups is 1. The number of rotatable bonds is 5. The SMILES string of the molecule is CCC(CO)NC(=O)c1c[nH]cc1-c1ccc(F)cc1. The van der Waals surface area contributed by atoms with Gasteiger partial charge in [0.2, 0.25) is 0 Å². The molecule has 0 saturated heterocycles. The average Bonchev–Trinajstić information content (AvgIpc) is 2.94. The smallest absolute Gasteiger partial charge is 0.253 e. The minimum absolute atomic E-state index is 0.0987. The third-order valence-corrected chi connectivity index (χ3v) is 3.19. The van der Waals surface area contributed by atoms with Gasteiger partial charge in [-0.1, -0.05) is 19.1 Å². The van der Waals surface area contributed by atoms with Crippen LogP contribution in [0, 0.1) is 5.82 Å². The van der Waals surface area contributed by atoms with E-state index in [1.807, 2.05) is 6.92 Å². The first-order chi connectivity index (χ1) is 9.65. The number of benzene rings is 1. The van der Waals surface area contributed by atoms with E-state index in [1.54, 1.807) is 24.5 Å². The predicted molar refractivity (Wildman–Crippen MR) is 74.8 cm³/mol. The maximum Gasteiger partial charge on any atom is 0.253 e. The summed E-state index contributed by atoms with van der Waals surface area (Å²) < 4.78 is 12.9. The number of hydrogen-bond acceptors (Lipinski definition) is 2. The van der Waals surface area contributed by atoms with Gasteiger partial charge in [0.1, 0.15) is 5.82 Å². The number of H-pyrrole nitrogens is 1. The largest absolute Gasteiger partial charge is 0.394 e. The van der Waals surface area contributed by atoms with Gasteiger partial charge in [-0.3, -0.25) is 4.79 Å². The Hall–Kier alpha value is -2.14. The summed E-state index contributed by atoms with van der Waals surface area (Å²) in [5.41, 5.74) is 1.94. The molecular formula is C15H17FN2O2. The van der Waals surface area contributed by atoms with Crippen molar-refractivity contribution < 1.29 is 14.3 Å². The number of hydrogen-bond donors (Lipinski definition) is 3. The van der Waals surface area contributed by atoms with Crippen molar-refractivity contribution in [3.05, 3.63) is 48.0 Å². The van der Waals surface area contributed by atoms with Gasteiger partial charge >= 0.3 is 0 Å². The van der Waals surface area contributed by atoms with Crippen LogP contribution in [-0.2, 0) is 0 Å². The van der Waals surface area contributed by atoms with Gasteiger partial charge in [0.15, 0.2) is 0 Å². The Kier molecular flexibility index (Phi) is 4.53. The summed E-state index contributed by atoms with van der Waals surface area (Å²) >= 11 is 0. The van der Waals surface area contributed by atoms with E-state index in [9.17, 15) is 9.18 Å². The van der Waals surface area contributed by atoms with Gasteiger partial charge in [0, 0.05) is 18.0 Å². The first kappa shape index (κ1) is 14.3. The van der Waals surface area contributed by atoms with Crippen molar-refractivity contribution in [2.75, 3.05) is 6.61 Å². The molecule has 3 N–H and O–H groups in total. The Morgan fingerprint density at radius 3 is 2.65 bits per heavy atom. The Morgan fingerprint density at radius 2 is 2.05 bits per heavy atom. The first-order valence-electron chi connectivity index (χ1n) is 6.50. The van der Waals surface area contributed by atoms with Gasteiger partial charge in [0.05, 0.1) is 18.2 Å². The molecule has 0 spiro atoms. The highest BCUT2D eigenvalue weighted by Gasteiger charge is 2.16. The van der Waals surface area contributed by atoms with Crippen LogP contribution in [0.15, 0.2) is 36.7 Å². The predicted octanol–water partition coefficient (Wildman–Crippen LogP) is 2.32. The highest BCUT2D eigenvalue weighted by Crippen LogP contribution is 2.23. The van der Waals surface area contributed by atoms with Crippen molar-refractivity contribution in [2.24, 2.45) is 0 Å². The van der Waals surface area contributed by atoms with E-state index in [1.165, 1.54) is 12.1 Å². The summed E-state index contributed by atoms with van der Waals surface area (Å²) in [6, 6.07) is 5.69. The highest BCUT2D eigenvalue weighted by molar-refractivity contribution is 6.00. The molecule has 20 heavy (non-hydrogen) atoms. The van der Waals surface area contributed by atoms with Crippen molar-refractivity contribution in [3.8, 4) is 11.1 Å². The van der Waals surface area contributed by atoms with Crippen LogP contribution in [-0.4, -0.2) is 28.6 Å². The number of nitrogens with one attached hydrogen (secondary N) is 2. The molecule has 0 aliphatic rings. The monoisotopic (exact) mass is 276 g/mol. The normalized spacial score (nSPS) is 12.2. The van der Waals surface area contributed by atoms with Gasteiger partial charge in [0.25, 0.3) is 5.91 Å². The van der Waals surface area contributed by atoms with E-state index in [-0.39, 0.29) is 24.4 Å². The zero-order chi connectivity index (χ0) is 14.5. The zero-order valence-electron chi connectivity index (χ0n) is 11.2. The molecule has 0 radical (unpaired) electrons. The van der Waals surface area contributed by atoms with Crippen LogP contribution >= 0.6 is 0 Å². The fourth-order valence-corrected chi connectivity index (χ4v) is 1.96. The van der Waals surface area contributed by atoms with E-state index in [0.29, 0.717) is 17.5 Å². The molecule has 0 saturated carbocycles. The van der Waals surface area contributed by atoms with Gasteiger partial charge in [-0.25, -0.2) is 4.39 Å². The standard InChI is InChI=1S/C15H17FN2O2/c1-2-12(9-19)18-15(20)14-8-17-7-13(14)10-3-5-11(16)6-4-10/h3-8,12,17,19H,2,9H2,1H3,(H,18,20). The second kappa shape index (κ2) is 6.34. The van der Waals surface area contributed by atoms with Crippen molar-refractivity contribution in [2.45, 2.75) is 19.4 Å². The Morgan fingerprint density at radius 1 is 1.35 bits per heavy atom. The minimum atomic E-state index is -0.318. The van der Waals surface area contributed by atoms with Crippen LogP contribution in [0.1, 0.15) is 23.7 Å². The van der Waals surface area contributed by atoms with Gasteiger partial charge in [-0.2, -0.15) is 0 Å². The van der Waals surface area contributed by atoms with Gasteiger partial charge in [-0.15, -0.1) is 0 Å². The molecule has 1 atom stereocenters. The Labute approximate surface area is 116 Å². The maximum absolute atomic E-state index is 12.9. The summed E-state index contributed by atoms with van der Waals surface area (Å²) in [7, 11) is 0. The molecule has 4 nitrogen and oxygen atoms in total. The fourth-order valence-electron chi connectivity index (χ4n) is 1.96. The molecule has 2 aromatic rings. The zero-order valence-corrected chi connectivity index (χ0v) is 11.2. The number of amides is 1. The Bertz CT molecular complexity index is 574. The van der Waals surface area contributed by atoms with E-state index in [4.69, 9.17) is 5.11 Å². The molecule has 2 rings (SSSR count). The molecular weight excluding hydrogens is 259 g/mol. The van der Waals surface area contributed by atoms with E-state index in [0.717, 1.165) is 5.56 Å². The first-order valence-corrected chi connectivity index (χ1v) is 6.50. The number of aromatic nitrogens is 1. The van der Waals surface area contributed by atoms with Crippen LogP contribution in [0.3, 0.4) is 0 Å². The number of halogens is 1. The number of aliphatic hydroxyl groups excluding tert-OH is 1. The molecule has 1 heterocycles. The van der Waals surface area contributed by atoms with Crippen molar-refractivity contribution >= 4 is 5.91 Å². The minimum Gasteiger partial charge on any atom is -0.394 e. The third kappa shape index (κ3) is 3.05. The molecule has 1 aromatic carbocycles. The lowest BCUT2D eigenvalue weighted by Gasteiger charge is -2.14. The molecule has 5 heteroatoms. The van der Waals surface area contributed by atoms with E-state index >= 15 is 0 Å². The summed E-state index contributed by atoms with van der Waals surface area (Å²) in [4.78, 5) is 15.1. The lowest BCUT2D eigenvalue weighted by molar-refractivity contribution is 0.0916. The molecule has 1 unspecified atom stereocenters. The third-order valence-electron chi connectivity index (χ3n) is 3.19. The van der Waals surface area contributed by atoms with E-state index in [2.05, 4.69) is 10.3 Å². The van der Waals surface area contributed by atoms with Crippen molar-refractivity contribution in [1.82, 2.24) is 10.3 Å².